The van der Waals surface area contributed by atoms with Gasteiger partial charge < -0.3 is 10.4 Å². The second-order valence-electron chi connectivity index (χ2n) is 7.71. The normalized spacial score (nSPS) is 12.4. The van der Waals surface area contributed by atoms with Crippen LogP contribution in [0.4, 0.5) is 0 Å². The van der Waals surface area contributed by atoms with Crippen molar-refractivity contribution in [2.45, 2.75) is 90.0 Å². The molecule has 1 amide bonds. The summed E-state index contributed by atoms with van der Waals surface area (Å²) in [7, 11) is 0. The smallest absolute Gasteiger partial charge is 0.247 e. The van der Waals surface area contributed by atoms with Crippen molar-refractivity contribution in [2.75, 3.05) is 13.2 Å². The number of aliphatic hydroxyl groups excluding tert-OH is 1. The van der Waals surface area contributed by atoms with E-state index in [-0.39, 0.29) is 12.5 Å². The van der Waals surface area contributed by atoms with Crippen LogP contribution in [-0.2, 0) is 4.79 Å². The molecule has 1 aromatic carbocycles. The van der Waals surface area contributed by atoms with E-state index in [4.69, 9.17) is 11.6 Å². The largest absolute Gasteiger partial charge is 0.394 e. The number of unbranched alkanes of at least 4 members (excludes halogenated alkanes) is 11. The first-order chi connectivity index (χ1) is 14.2. The number of halogens is 1. The molecule has 0 aliphatic rings. The molecule has 0 bridgehead atoms. The highest BCUT2D eigenvalue weighted by Gasteiger charge is 2.14. The second-order valence-corrected chi connectivity index (χ2v) is 8.14. The summed E-state index contributed by atoms with van der Waals surface area (Å²) in [6.45, 7) is 2.60. The Morgan fingerprint density at radius 3 is 2.00 bits per heavy atom. The van der Waals surface area contributed by atoms with Crippen LogP contribution in [0.2, 0.25) is 5.02 Å². The molecule has 0 aromatic heterocycles. The van der Waals surface area contributed by atoms with Crippen LogP contribution in [0.5, 0.6) is 0 Å². The first-order valence-electron chi connectivity index (χ1n) is 11.3. The van der Waals surface area contributed by atoms with Crippen LogP contribution in [0, 0.1) is 0 Å². The molecule has 0 radical (unpaired) electrons. The van der Waals surface area contributed by atoms with E-state index in [1.165, 1.54) is 64.2 Å². The van der Waals surface area contributed by atoms with Gasteiger partial charge >= 0.3 is 0 Å². The molecule has 0 fully saturated rings. The molecule has 2 N–H and O–H groups in total. The standard InChI is InChI=1S/C24H39ClN2O2/c1-2-3-4-5-6-7-8-9-10-11-12-13-18-26-24(29)23(20-28)27-19-21-14-16-22(25)17-15-21/h14-17,19,23,28H,2-13,18,20H2,1H3,(H,26,29)/t23-/m0/s1. The van der Waals surface area contributed by atoms with Crippen molar-refractivity contribution in [3.05, 3.63) is 34.9 Å². The minimum atomic E-state index is -0.761. The number of hydrogen-bond donors (Lipinski definition) is 2. The number of amides is 1. The van der Waals surface area contributed by atoms with Gasteiger partial charge in [0.05, 0.1) is 6.61 Å². The first-order valence-corrected chi connectivity index (χ1v) is 11.7. The molecule has 0 aliphatic heterocycles. The Morgan fingerprint density at radius 2 is 1.48 bits per heavy atom. The van der Waals surface area contributed by atoms with Crippen molar-refractivity contribution < 1.29 is 9.90 Å². The number of nitrogens with one attached hydrogen (secondary N) is 1. The lowest BCUT2D eigenvalue weighted by molar-refractivity contribution is -0.123. The molecule has 29 heavy (non-hydrogen) atoms. The van der Waals surface area contributed by atoms with Crippen LogP contribution in [0.15, 0.2) is 29.3 Å². The van der Waals surface area contributed by atoms with E-state index in [1.807, 2.05) is 12.1 Å². The Kier molecular flexibility index (Phi) is 15.4. The maximum Gasteiger partial charge on any atom is 0.247 e. The molecule has 1 atom stereocenters. The summed E-state index contributed by atoms with van der Waals surface area (Å²) >= 11 is 5.85. The Balaban J connectivity index is 2.04. The van der Waals surface area contributed by atoms with E-state index < -0.39 is 6.04 Å². The van der Waals surface area contributed by atoms with E-state index in [2.05, 4.69) is 17.2 Å². The first kappa shape index (κ1) is 25.6. The molecule has 5 heteroatoms. The molecule has 164 valence electrons. The summed E-state index contributed by atoms with van der Waals surface area (Å²) in [6.07, 6.45) is 17.1. The quantitative estimate of drug-likeness (QED) is 0.241. The number of nitrogens with zero attached hydrogens (tertiary/aromatic N) is 1. The van der Waals surface area contributed by atoms with Gasteiger partial charge in [0.2, 0.25) is 5.91 Å². The van der Waals surface area contributed by atoms with Gasteiger partial charge in [-0.1, -0.05) is 101 Å². The zero-order valence-corrected chi connectivity index (χ0v) is 18.8. The van der Waals surface area contributed by atoms with Gasteiger partial charge in [0.25, 0.3) is 0 Å². The van der Waals surface area contributed by atoms with E-state index in [9.17, 15) is 9.90 Å². The van der Waals surface area contributed by atoms with Gasteiger partial charge in [-0.05, 0) is 24.1 Å². The van der Waals surface area contributed by atoms with E-state index in [0.717, 1.165) is 18.4 Å². The zero-order chi connectivity index (χ0) is 21.2. The lowest BCUT2D eigenvalue weighted by Crippen LogP contribution is -2.36. The molecule has 1 rings (SSSR count). The van der Waals surface area contributed by atoms with Gasteiger partial charge in [-0.3, -0.25) is 9.79 Å². The molecule has 0 saturated carbocycles. The fourth-order valence-electron chi connectivity index (χ4n) is 3.22. The number of hydrogen-bond acceptors (Lipinski definition) is 3. The molecule has 0 unspecified atom stereocenters. The molecule has 0 heterocycles. The number of aliphatic imine (C=N–C) groups is 1. The number of benzene rings is 1. The lowest BCUT2D eigenvalue weighted by atomic mass is 10.1. The maximum atomic E-state index is 12.1. The molecule has 0 spiro atoms. The van der Waals surface area contributed by atoms with Crippen LogP contribution < -0.4 is 5.32 Å². The van der Waals surface area contributed by atoms with Gasteiger partial charge in [-0.25, -0.2) is 0 Å². The summed E-state index contributed by atoms with van der Waals surface area (Å²) in [4.78, 5) is 16.3. The predicted molar refractivity (Wildman–Crippen MR) is 124 cm³/mol. The van der Waals surface area contributed by atoms with Gasteiger partial charge in [0.15, 0.2) is 6.04 Å². The highest BCUT2D eigenvalue weighted by Crippen LogP contribution is 2.12. The van der Waals surface area contributed by atoms with Gasteiger partial charge in [-0.2, -0.15) is 0 Å². The minimum absolute atomic E-state index is 0.221. The van der Waals surface area contributed by atoms with Crippen molar-refractivity contribution in [2.24, 2.45) is 4.99 Å². The molecule has 0 saturated heterocycles. The molecular formula is C24H39ClN2O2. The number of carbonyl (C=O) groups is 1. The van der Waals surface area contributed by atoms with Crippen molar-refractivity contribution in [3.8, 4) is 0 Å². The summed E-state index contributed by atoms with van der Waals surface area (Å²) in [5, 5.41) is 13.0. The topological polar surface area (TPSA) is 61.7 Å². The number of rotatable bonds is 17. The third kappa shape index (κ3) is 13.5. The Labute approximate surface area is 182 Å². The van der Waals surface area contributed by atoms with E-state index >= 15 is 0 Å². The minimum Gasteiger partial charge on any atom is -0.394 e. The highest BCUT2D eigenvalue weighted by atomic mass is 35.5. The lowest BCUT2D eigenvalue weighted by Gasteiger charge is -2.10. The van der Waals surface area contributed by atoms with Crippen molar-refractivity contribution in [1.29, 1.82) is 0 Å². The molecule has 4 nitrogen and oxygen atoms in total. The second kappa shape index (κ2) is 17.5. The fourth-order valence-corrected chi connectivity index (χ4v) is 3.34. The Bertz CT molecular complexity index is 561. The Hall–Kier alpha value is -1.39. The Morgan fingerprint density at radius 1 is 0.966 bits per heavy atom. The van der Waals surface area contributed by atoms with Gasteiger partial charge in [0.1, 0.15) is 0 Å². The molecular weight excluding hydrogens is 384 g/mol. The zero-order valence-electron chi connectivity index (χ0n) is 18.0. The van der Waals surface area contributed by atoms with Crippen LogP contribution in [0.3, 0.4) is 0 Å². The molecule has 0 aliphatic carbocycles. The summed E-state index contributed by atoms with van der Waals surface area (Å²) < 4.78 is 0. The van der Waals surface area contributed by atoms with Crippen LogP contribution in [0.25, 0.3) is 0 Å². The summed E-state index contributed by atoms with van der Waals surface area (Å²) in [5.74, 6) is -0.221. The van der Waals surface area contributed by atoms with E-state index in [0.29, 0.717) is 11.6 Å². The number of carbonyl (C=O) groups excluding carboxylic acids is 1. The van der Waals surface area contributed by atoms with E-state index in [1.54, 1.807) is 18.3 Å². The SMILES string of the molecule is CCCCCCCCCCCCCCNC(=O)[C@H](CO)N=Cc1ccc(Cl)cc1. The third-order valence-corrected chi connectivity index (χ3v) is 5.33. The number of aliphatic hydroxyl groups is 1. The monoisotopic (exact) mass is 422 g/mol. The fraction of sp³-hybridized carbons (Fsp3) is 0.667. The molecule has 1 aromatic rings. The highest BCUT2D eigenvalue weighted by molar-refractivity contribution is 6.30. The summed E-state index contributed by atoms with van der Waals surface area (Å²) in [5.41, 5.74) is 0.849. The predicted octanol–water partition coefficient (Wildman–Crippen LogP) is 5.94. The maximum absolute atomic E-state index is 12.1. The van der Waals surface area contributed by atoms with Gasteiger partial charge in [-0.15, -0.1) is 0 Å². The van der Waals surface area contributed by atoms with Crippen molar-refractivity contribution >= 4 is 23.7 Å². The van der Waals surface area contributed by atoms with Crippen molar-refractivity contribution in [1.82, 2.24) is 5.32 Å². The van der Waals surface area contributed by atoms with Crippen LogP contribution in [0.1, 0.15) is 89.5 Å². The van der Waals surface area contributed by atoms with Crippen LogP contribution in [-0.4, -0.2) is 36.4 Å². The average Bonchev–Trinajstić information content (AvgIpc) is 2.73. The van der Waals surface area contributed by atoms with Crippen LogP contribution >= 0.6 is 11.6 Å². The summed E-state index contributed by atoms with van der Waals surface area (Å²) in [6, 6.07) is 6.42. The average molecular weight is 423 g/mol. The third-order valence-electron chi connectivity index (χ3n) is 5.08. The van der Waals surface area contributed by atoms with Crippen molar-refractivity contribution in [3.63, 3.8) is 0 Å². The van der Waals surface area contributed by atoms with Gasteiger partial charge in [0, 0.05) is 17.8 Å².